The lowest BCUT2D eigenvalue weighted by atomic mass is 9.93. The number of rotatable bonds is 5. The average Bonchev–Trinajstić information content (AvgIpc) is 3.14. The van der Waals surface area contributed by atoms with Crippen molar-refractivity contribution in [1.82, 2.24) is 0 Å². The maximum absolute atomic E-state index is 10.1. The largest absolute Gasteiger partial charge is 0.343 e. The Balaban J connectivity index is 2.23. The molecule has 3 rings (SSSR count). The zero-order valence-electron chi connectivity index (χ0n) is 14.1. The standard InChI is InChI=1S/C18H20N4O2/c1-4-23-18(24-5-2)17(11-20)14(13-8-6-7-12(3)9-13)16(17,10-19)15(21)22-18/h6-9,14H,4-5H2,1-3H3,(H2,21,22)/p+1. The van der Waals surface area contributed by atoms with Crippen LogP contribution in [-0.4, -0.2) is 25.0 Å². The first-order valence-corrected chi connectivity index (χ1v) is 8.07. The van der Waals surface area contributed by atoms with Crippen molar-refractivity contribution in [1.29, 1.82) is 10.5 Å². The Hall–Kier alpha value is -2.41. The SMILES string of the molecule is CCOC1(OCC)[NH+]=C(N)C2(C#N)C(c3cccc(C)c3)C12C#N. The molecular weight excluding hydrogens is 304 g/mol. The van der Waals surface area contributed by atoms with Crippen LogP contribution in [0.2, 0.25) is 0 Å². The molecule has 0 aromatic heterocycles. The van der Waals surface area contributed by atoms with E-state index in [0.29, 0.717) is 13.2 Å². The summed E-state index contributed by atoms with van der Waals surface area (Å²) in [4.78, 5) is 2.97. The second-order valence-electron chi connectivity index (χ2n) is 6.21. The Kier molecular flexibility index (Phi) is 3.64. The number of fused-ring (bicyclic) bond motifs is 1. The second kappa shape index (κ2) is 5.31. The van der Waals surface area contributed by atoms with E-state index in [1.165, 1.54) is 0 Å². The molecule has 6 nitrogen and oxygen atoms in total. The van der Waals surface area contributed by atoms with Gasteiger partial charge >= 0.3 is 5.91 Å². The van der Waals surface area contributed by atoms with Crippen LogP contribution in [0.5, 0.6) is 0 Å². The molecule has 124 valence electrons. The van der Waals surface area contributed by atoms with Crippen molar-refractivity contribution in [3.63, 3.8) is 0 Å². The minimum atomic E-state index is -1.42. The molecular formula is C18H21N4O2+. The van der Waals surface area contributed by atoms with Crippen LogP contribution in [0.25, 0.3) is 0 Å². The molecule has 1 aromatic carbocycles. The Morgan fingerprint density at radius 3 is 2.38 bits per heavy atom. The van der Waals surface area contributed by atoms with Gasteiger partial charge in [-0.05, 0) is 26.3 Å². The third-order valence-electron chi connectivity index (χ3n) is 5.07. The number of hydrogen-bond acceptors (Lipinski definition) is 5. The molecule has 3 N–H and O–H groups in total. The van der Waals surface area contributed by atoms with Gasteiger partial charge in [0.25, 0.3) is 5.84 Å². The zero-order valence-corrected chi connectivity index (χ0v) is 14.1. The molecule has 1 aliphatic carbocycles. The molecule has 3 atom stereocenters. The molecule has 3 unspecified atom stereocenters. The van der Waals surface area contributed by atoms with E-state index >= 15 is 0 Å². The number of hydrogen-bond donors (Lipinski definition) is 2. The number of ether oxygens (including phenoxy) is 2. The highest BCUT2D eigenvalue weighted by Crippen LogP contribution is 2.78. The number of nitrogens with one attached hydrogen (secondary N) is 1. The Morgan fingerprint density at radius 1 is 1.21 bits per heavy atom. The summed E-state index contributed by atoms with van der Waals surface area (Å²) in [6.45, 7) is 6.27. The molecule has 24 heavy (non-hydrogen) atoms. The van der Waals surface area contributed by atoms with E-state index in [1.54, 1.807) is 0 Å². The quantitative estimate of drug-likeness (QED) is 0.757. The van der Waals surface area contributed by atoms with Gasteiger partial charge in [-0.15, -0.1) is 0 Å². The minimum Gasteiger partial charge on any atom is -0.314 e. The van der Waals surface area contributed by atoms with E-state index in [4.69, 9.17) is 15.2 Å². The molecule has 1 aromatic rings. The first-order valence-electron chi connectivity index (χ1n) is 8.07. The Bertz CT molecular complexity index is 785. The van der Waals surface area contributed by atoms with Crippen molar-refractivity contribution in [3.05, 3.63) is 35.4 Å². The molecule has 1 aliphatic heterocycles. The molecule has 0 bridgehead atoms. The van der Waals surface area contributed by atoms with Crippen molar-refractivity contribution < 1.29 is 14.5 Å². The summed E-state index contributed by atoms with van der Waals surface area (Å²) < 4.78 is 11.7. The third-order valence-corrected chi connectivity index (χ3v) is 5.07. The van der Waals surface area contributed by atoms with Gasteiger partial charge in [-0.25, -0.2) is 4.99 Å². The number of nitrogens with two attached hydrogens (primary N) is 1. The minimum absolute atomic E-state index is 0.236. The highest BCUT2D eigenvalue weighted by Gasteiger charge is 2.97. The molecule has 6 heteroatoms. The lowest BCUT2D eigenvalue weighted by molar-refractivity contribution is -0.693. The average molecular weight is 325 g/mol. The van der Waals surface area contributed by atoms with Gasteiger partial charge in [0.1, 0.15) is 0 Å². The zero-order chi connectivity index (χ0) is 17.6. The van der Waals surface area contributed by atoms with Crippen molar-refractivity contribution in [2.24, 2.45) is 16.6 Å². The topological polar surface area (TPSA) is 106 Å². The van der Waals surface area contributed by atoms with Gasteiger partial charge in [0.15, 0.2) is 10.8 Å². The number of amidine groups is 1. The molecule has 0 saturated heterocycles. The van der Waals surface area contributed by atoms with Gasteiger partial charge in [0.05, 0.1) is 25.4 Å². The van der Waals surface area contributed by atoms with Gasteiger partial charge in [0, 0.05) is 5.92 Å². The van der Waals surface area contributed by atoms with Crippen LogP contribution in [0.1, 0.15) is 30.9 Å². The molecule has 0 radical (unpaired) electrons. The predicted molar refractivity (Wildman–Crippen MR) is 86.2 cm³/mol. The van der Waals surface area contributed by atoms with E-state index in [0.717, 1.165) is 11.1 Å². The van der Waals surface area contributed by atoms with Crippen LogP contribution >= 0.6 is 0 Å². The highest BCUT2D eigenvalue weighted by atomic mass is 16.7. The van der Waals surface area contributed by atoms with Crippen molar-refractivity contribution >= 4 is 5.84 Å². The maximum atomic E-state index is 10.1. The number of nitriles is 2. The van der Waals surface area contributed by atoms with Crippen LogP contribution < -0.4 is 10.7 Å². The van der Waals surface area contributed by atoms with Gasteiger partial charge in [0.2, 0.25) is 0 Å². The number of benzene rings is 1. The monoisotopic (exact) mass is 325 g/mol. The van der Waals surface area contributed by atoms with E-state index in [1.807, 2.05) is 45.0 Å². The smallest absolute Gasteiger partial charge is 0.314 e. The molecule has 1 saturated carbocycles. The summed E-state index contributed by atoms with van der Waals surface area (Å²) in [5.41, 5.74) is 5.76. The summed E-state index contributed by atoms with van der Waals surface area (Å²) in [5, 5.41) is 20.1. The van der Waals surface area contributed by atoms with Gasteiger partial charge < -0.3 is 9.47 Å². The molecule has 0 spiro atoms. The Labute approximate surface area is 141 Å². The van der Waals surface area contributed by atoms with E-state index < -0.39 is 22.7 Å². The summed E-state index contributed by atoms with van der Waals surface area (Å²) in [7, 11) is 0. The molecule has 1 heterocycles. The van der Waals surface area contributed by atoms with Gasteiger partial charge in [-0.2, -0.15) is 10.5 Å². The van der Waals surface area contributed by atoms with Crippen molar-refractivity contribution in [3.8, 4) is 12.1 Å². The summed E-state index contributed by atoms with van der Waals surface area (Å²) >= 11 is 0. The van der Waals surface area contributed by atoms with Gasteiger partial charge in [-0.3, -0.25) is 5.73 Å². The lowest BCUT2D eigenvalue weighted by Crippen LogP contribution is -2.91. The molecule has 1 fully saturated rings. The number of aryl methyl sites for hydroxylation is 1. The number of nitrogens with zero attached hydrogens (tertiary/aromatic N) is 2. The van der Waals surface area contributed by atoms with E-state index in [9.17, 15) is 10.5 Å². The van der Waals surface area contributed by atoms with Gasteiger partial charge in [-0.1, -0.05) is 29.8 Å². The Morgan fingerprint density at radius 2 is 1.88 bits per heavy atom. The van der Waals surface area contributed by atoms with Crippen LogP contribution in [0.15, 0.2) is 24.3 Å². The van der Waals surface area contributed by atoms with Crippen LogP contribution in [0.4, 0.5) is 0 Å². The first kappa shape index (κ1) is 16.4. The highest BCUT2D eigenvalue weighted by molar-refractivity contribution is 5.95. The summed E-state index contributed by atoms with van der Waals surface area (Å²) in [6.07, 6.45) is 0. The predicted octanol–water partition coefficient (Wildman–Crippen LogP) is 0.290. The van der Waals surface area contributed by atoms with E-state index in [2.05, 4.69) is 17.1 Å². The fourth-order valence-electron chi connectivity index (χ4n) is 4.20. The normalized spacial score (nSPS) is 32.4. The molecule has 0 amide bonds. The summed E-state index contributed by atoms with van der Waals surface area (Å²) in [5.74, 6) is -1.58. The van der Waals surface area contributed by atoms with Crippen LogP contribution in [0, 0.1) is 40.4 Å². The van der Waals surface area contributed by atoms with Crippen molar-refractivity contribution in [2.75, 3.05) is 13.2 Å². The fourth-order valence-corrected chi connectivity index (χ4v) is 4.20. The van der Waals surface area contributed by atoms with E-state index in [-0.39, 0.29) is 5.84 Å². The molecule has 2 aliphatic rings. The summed E-state index contributed by atoms with van der Waals surface area (Å²) in [6, 6.07) is 12.4. The van der Waals surface area contributed by atoms with Crippen LogP contribution in [0.3, 0.4) is 0 Å². The van der Waals surface area contributed by atoms with Crippen molar-refractivity contribution in [2.45, 2.75) is 32.6 Å². The third kappa shape index (κ3) is 1.62. The first-order chi connectivity index (χ1) is 11.5. The maximum Gasteiger partial charge on any atom is 0.343 e. The fraction of sp³-hybridized carbons (Fsp3) is 0.500. The second-order valence-corrected chi connectivity index (χ2v) is 6.21. The lowest BCUT2D eigenvalue weighted by Gasteiger charge is -2.29. The van der Waals surface area contributed by atoms with Crippen LogP contribution in [-0.2, 0) is 9.47 Å².